The summed E-state index contributed by atoms with van der Waals surface area (Å²) in [4.78, 5) is 11.9. The molecule has 0 bridgehead atoms. The third-order valence-electron chi connectivity index (χ3n) is 2.68. The molecule has 0 aliphatic carbocycles. The Kier molecular flexibility index (Phi) is 3.04. The van der Waals surface area contributed by atoms with Crippen LogP contribution in [0.1, 0.15) is 21.5 Å². The van der Waals surface area contributed by atoms with Crippen LogP contribution in [0.5, 0.6) is 0 Å². The number of benzene rings is 1. The van der Waals surface area contributed by atoms with Gasteiger partial charge in [0, 0.05) is 19.7 Å². The predicted octanol–water partition coefficient (Wildman–Crippen LogP) is 2.29. The van der Waals surface area contributed by atoms with E-state index >= 15 is 0 Å². The lowest BCUT2D eigenvalue weighted by Crippen LogP contribution is -2.04. The zero-order chi connectivity index (χ0) is 12.4. The number of halogens is 1. The van der Waals surface area contributed by atoms with Crippen molar-refractivity contribution in [2.75, 3.05) is 0 Å². The number of rotatable bonds is 3. The number of carbonyl (C=O) groups is 1. The third kappa shape index (κ3) is 2.58. The molecule has 0 saturated heterocycles. The Morgan fingerprint density at radius 2 is 2.24 bits per heavy atom. The maximum atomic E-state index is 12.9. The molecular weight excluding hydrogens is 219 g/mol. The molecule has 0 N–H and O–H groups in total. The molecule has 0 atom stereocenters. The molecule has 1 heterocycles. The fourth-order valence-electron chi connectivity index (χ4n) is 1.70. The lowest BCUT2D eigenvalue weighted by Gasteiger charge is -2.03. The summed E-state index contributed by atoms with van der Waals surface area (Å²) < 4.78 is 14.5. The van der Waals surface area contributed by atoms with Crippen molar-refractivity contribution in [3.8, 4) is 0 Å². The average molecular weight is 232 g/mol. The standard InChI is InChI=1S/C13H13FN2O/c1-9-5-12(14)4-3-10(9)6-13(17)11-7-15-16(2)8-11/h3-5,7-8H,6H2,1-2H3. The number of nitrogens with zero attached hydrogens (tertiary/aromatic N) is 2. The minimum atomic E-state index is -0.278. The molecule has 88 valence electrons. The van der Waals surface area contributed by atoms with Crippen LogP contribution in [0, 0.1) is 12.7 Å². The molecule has 0 unspecified atom stereocenters. The van der Waals surface area contributed by atoms with Gasteiger partial charge < -0.3 is 0 Å². The van der Waals surface area contributed by atoms with Gasteiger partial charge in [-0.25, -0.2) is 4.39 Å². The molecule has 2 aromatic rings. The summed E-state index contributed by atoms with van der Waals surface area (Å²) >= 11 is 0. The van der Waals surface area contributed by atoms with E-state index in [-0.39, 0.29) is 18.0 Å². The third-order valence-corrected chi connectivity index (χ3v) is 2.68. The fraction of sp³-hybridized carbons (Fsp3) is 0.231. The van der Waals surface area contributed by atoms with Gasteiger partial charge in [-0.2, -0.15) is 5.10 Å². The lowest BCUT2D eigenvalue weighted by molar-refractivity contribution is 0.0992. The van der Waals surface area contributed by atoms with Gasteiger partial charge in [-0.1, -0.05) is 6.07 Å². The van der Waals surface area contributed by atoms with Crippen molar-refractivity contribution in [1.29, 1.82) is 0 Å². The highest BCUT2D eigenvalue weighted by molar-refractivity contribution is 5.97. The Morgan fingerprint density at radius 1 is 1.47 bits per heavy atom. The zero-order valence-corrected chi connectivity index (χ0v) is 9.77. The molecule has 2 rings (SSSR count). The van der Waals surface area contributed by atoms with Gasteiger partial charge in [-0.15, -0.1) is 0 Å². The Labute approximate surface area is 98.9 Å². The number of carbonyl (C=O) groups excluding carboxylic acids is 1. The monoisotopic (exact) mass is 232 g/mol. The molecule has 0 aliphatic rings. The molecule has 0 aliphatic heterocycles. The van der Waals surface area contributed by atoms with Crippen LogP contribution >= 0.6 is 0 Å². The van der Waals surface area contributed by atoms with E-state index in [0.29, 0.717) is 5.56 Å². The van der Waals surface area contributed by atoms with Gasteiger partial charge in [0.1, 0.15) is 5.82 Å². The Morgan fingerprint density at radius 3 is 2.82 bits per heavy atom. The number of aryl methyl sites for hydroxylation is 2. The quantitative estimate of drug-likeness (QED) is 0.761. The van der Waals surface area contributed by atoms with Crippen molar-refractivity contribution in [2.45, 2.75) is 13.3 Å². The average Bonchev–Trinajstić information content (AvgIpc) is 2.69. The first-order chi connectivity index (χ1) is 8.06. The van der Waals surface area contributed by atoms with E-state index in [1.165, 1.54) is 12.1 Å². The van der Waals surface area contributed by atoms with E-state index in [1.54, 1.807) is 37.1 Å². The van der Waals surface area contributed by atoms with Crippen molar-refractivity contribution >= 4 is 5.78 Å². The second-order valence-electron chi connectivity index (χ2n) is 4.07. The predicted molar refractivity (Wildman–Crippen MR) is 62.4 cm³/mol. The summed E-state index contributed by atoms with van der Waals surface area (Å²) in [5.74, 6) is -0.284. The minimum absolute atomic E-state index is 0.00666. The highest BCUT2D eigenvalue weighted by Crippen LogP contribution is 2.13. The first-order valence-corrected chi connectivity index (χ1v) is 5.33. The van der Waals surface area contributed by atoms with E-state index < -0.39 is 0 Å². The van der Waals surface area contributed by atoms with Crippen LogP contribution in [0.2, 0.25) is 0 Å². The van der Waals surface area contributed by atoms with E-state index in [2.05, 4.69) is 5.10 Å². The van der Waals surface area contributed by atoms with Gasteiger partial charge in [0.2, 0.25) is 0 Å². The molecule has 0 fully saturated rings. The van der Waals surface area contributed by atoms with Crippen LogP contribution in [-0.2, 0) is 13.5 Å². The Balaban J connectivity index is 2.18. The Bertz CT molecular complexity index is 560. The van der Waals surface area contributed by atoms with E-state index in [1.807, 2.05) is 0 Å². The highest BCUT2D eigenvalue weighted by atomic mass is 19.1. The van der Waals surface area contributed by atoms with Crippen molar-refractivity contribution in [2.24, 2.45) is 7.05 Å². The van der Waals surface area contributed by atoms with Gasteiger partial charge in [0.05, 0.1) is 11.8 Å². The topological polar surface area (TPSA) is 34.9 Å². The van der Waals surface area contributed by atoms with E-state index in [4.69, 9.17) is 0 Å². The van der Waals surface area contributed by atoms with Gasteiger partial charge in [-0.3, -0.25) is 9.48 Å². The first-order valence-electron chi connectivity index (χ1n) is 5.33. The SMILES string of the molecule is Cc1cc(F)ccc1CC(=O)c1cnn(C)c1. The number of aromatic nitrogens is 2. The first kappa shape index (κ1) is 11.5. The molecule has 0 radical (unpaired) electrons. The fourth-order valence-corrected chi connectivity index (χ4v) is 1.70. The van der Waals surface area contributed by atoms with Crippen LogP contribution in [-0.4, -0.2) is 15.6 Å². The van der Waals surface area contributed by atoms with E-state index in [9.17, 15) is 9.18 Å². The molecular formula is C13H13FN2O. The zero-order valence-electron chi connectivity index (χ0n) is 9.77. The molecule has 3 nitrogen and oxygen atoms in total. The highest BCUT2D eigenvalue weighted by Gasteiger charge is 2.10. The minimum Gasteiger partial charge on any atom is -0.294 e. The molecule has 1 aromatic carbocycles. The maximum absolute atomic E-state index is 12.9. The van der Waals surface area contributed by atoms with Gasteiger partial charge in [0.15, 0.2) is 5.78 Å². The van der Waals surface area contributed by atoms with Crippen molar-refractivity contribution < 1.29 is 9.18 Å². The molecule has 0 saturated carbocycles. The summed E-state index contributed by atoms with van der Waals surface area (Å²) in [5.41, 5.74) is 2.22. The number of ketones is 1. The normalized spacial score (nSPS) is 10.5. The van der Waals surface area contributed by atoms with Crippen LogP contribution in [0.25, 0.3) is 0 Å². The molecule has 0 spiro atoms. The largest absolute Gasteiger partial charge is 0.294 e. The maximum Gasteiger partial charge on any atom is 0.170 e. The Hall–Kier alpha value is -1.97. The van der Waals surface area contributed by atoms with Crippen LogP contribution < -0.4 is 0 Å². The molecule has 1 aromatic heterocycles. The van der Waals surface area contributed by atoms with Gasteiger partial charge in [-0.05, 0) is 30.2 Å². The molecule has 0 amide bonds. The second-order valence-corrected chi connectivity index (χ2v) is 4.07. The molecule has 17 heavy (non-hydrogen) atoms. The number of Topliss-reactive ketones (excluding diaryl/α,β-unsaturated/α-hetero) is 1. The summed E-state index contributed by atoms with van der Waals surface area (Å²) in [6, 6.07) is 4.46. The van der Waals surface area contributed by atoms with Gasteiger partial charge >= 0.3 is 0 Å². The second kappa shape index (κ2) is 4.49. The van der Waals surface area contributed by atoms with E-state index in [0.717, 1.165) is 11.1 Å². The summed E-state index contributed by atoms with van der Waals surface area (Å²) in [5, 5.41) is 3.95. The van der Waals surface area contributed by atoms with Crippen molar-refractivity contribution in [3.63, 3.8) is 0 Å². The van der Waals surface area contributed by atoms with Crippen molar-refractivity contribution in [3.05, 3.63) is 53.1 Å². The summed E-state index contributed by atoms with van der Waals surface area (Å²) in [7, 11) is 1.76. The number of hydrogen-bond acceptors (Lipinski definition) is 2. The van der Waals surface area contributed by atoms with Crippen LogP contribution in [0.3, 0.4) is 0 Å². The summed E-state index contributed by atoms with van der Waals surface area (Å²) in [6.07, 6.45) is 3.50. The lowest BCUT2D eigenvalue weighted by atomic mass is 10.0. The van der Waals surface area contributed by atoms with Gasteiger partial charge in [0.25, 0.3) is 0 Å². The smallest absolute Gasteiger partial charge is 0.170 e. The van der Waals surface area contributed by atoms with Crippen LogP contribution in [0.4, 0.5) is 4.39 Å². The molecule has 4 heteroatoms. The summed E-state index contributed by atoms with van der Waals surface area (Å²) in [6.45, 7) is 1.80. The van der Waals surface area contributed by atoms with Crippen molar-refractivity contribution in [1.82, 2.24) is 9.78 Å². The van der Waals surface area contributed by atoms with Crippen LogP contribution in [0.15, 0.2) is 30.6 Å². The number of hydrogen-bond donors (Lipinski definition) is 0.